The zero-order valence-electron chi connectivity index (χ0n) is 17.4. The van der Waals surface area contributed by atoms with Crippen LogP contribution in [0.3, 0.4) is 0 Å². The van der Waals surface area contributed by atoms with Crippen LogP contribution in [0.4, 0.5) is 5.82 Å². The molecule has 0 aliphatic carbocycles. The van der Waals surface area contributed by atoms with Gasteiger partial charge in [-0.2, -0.15) is 4.98 Å². The standard InChI is InChI=1S/C22H25N5O4/c1-28-11-9-24-20-16(4-2-8-23-20)21-25-22(31-26-21)17-5-3-10-27(17)13-15-6-7-18-19(12-15)30-14-29-18/h2,4,6-8,12,17H,3,5,9-11,13-14H2,1H3,(H,23,24)/t17-/m1/s1. The molecule has 9 heteroatoms. The van der Waals surface area contributed by atoms with Gasteiger partial charge in [0.05, 0.1) is 18.2 Å². The van der Waals surface area contributed by atoms with E-state index in [0.29, 0.717) is 24.9 Å². The van der Waals surface area contributed by atoms with Crippen molar-refractivity contribution in [3.8, 4) is 22.9 Å². The molecule has 1 aromatic carbocycles. The Morgan fingerprint density at radius 1 is 1.23 bits per heavy atom. The van der Waals surface area contributed by atoms with Gasteiger partial charge in [0, 0.05) is 26.4 Å². The van der Waals surface area contributed by atoms with Crippen molar-refractivity contribution in [2.24, 2.45) is 0 Å². The summed E-state index contributed by atoms with van der Waals surface area (Å²) in [4.78, 5) is 11.5. The maximum Gasteiger partial charge on any atom is 0.244 e. The highest BCUT2D eigenvalue weighted by Crippen LogP contribution is 2.36. The van der Waals surface area contributed by atoms with E-state index in [9.17, 15) is 0 Å². The molecule has 4 heterocycles. The zero-order valence-corrected chi connectivity index (χ0v) is 17.4. The summed E-state index contributed by atoms with van der Waals surface area (Å²) in [6.07, 6.45) is 3.81. The summed E-state index contributed by atoms with van der Waals surface area (Å²) in [5.74, 6) is 3.50. The van der Waals surface area contributed by atoms with E-state index >= 15 is 0 Å². The van der Waals surface area contributed by atoms with E-state index in [-0.39, 0.29) is 12.8 Å². The van der Waals surface area contributed by atoms with Crippen LogP contribution in [0.15, 0.2) is 41.1 Å². The van der Waals surface area contributed by atoms with Crippen LogP contribution in [0.1, 0.15) is 30.3 Å². The Balaban J connectivity index is 1.32. The Kier molecular flexibility index (Phi) is 5.68. The zero-order chi connectivity index (χ0) is 21.0. The number of anilines is 1. The molecule has 2 aromatic heterocycles. The molecule has 0 bridgehead atoms. The average molecular weight is 423 g/mol. The van der Waals surface area contributed by atoms with E-state index in [1.807, 2.05) is 24.3 Å². The summed E-state index contributed by atoms with van der Waals surface area (Å²) in [7, 11) is 1.67. The monoisotopic (exact) mass is 423 g/mol. The highest BCUT2D eigenvalue weighted by molar-refractivity contribution is 5.69. The van der Waals surface area contributed by atoms with Gasteiger partial charge in [-0.1, -0.05) is 11.2 Å². The Bertz CT molecular complexity index is 1040. The molecule has 2 aliphatic rings. The van der Waals surface area contributed by atoms with E-state index in [1.54, 1.807) is 13.3 Å². The third-order valence-corrected chi connectivity index (χ3v) is 5.56. The number of methoxy groups -OCH3 is 1. The summed E-state index contributed by atoms with van der Waals surface area (Å²) in [6.45, 7) is 3.29. The van der Waals surface area contributed by atoms with Gasteiger partial charge >= 0.3 is 0 Å². The smallest absolute Gasteiger partial charge is 0.244 e. The lowest BCUT2D eigenvalue weighted by atomic mass is 10.1. The fourth-order valence-electron chi connectivity index (χ4n) is 4.05. The van der Waals surface area contributed by atoms with E-state index in [0.717, 1.165) is 48.8 Å². The number of hydrogen-bond acceptors (Lipinski definition) is 9. The maximum atomic E-state index is 5.70. The van der Waals surface area contributed by atoms with Gasteiger partial charge in [0.15, 0.2) is 11.5 Å². The average Bonchev–Trinajstić information content (AvgIpc) is 3.54. The molecule has 0 amide bonds. The lowest BCUT2D eigenvalue weighted by molar-refractivity contribution is 0.173. The summed E-state index contributed by atoms with van der Waals surface area (Å²) in [6, 6.07) is 9.99. The molecular weight excluding hydrogens is 398 g/mol. The predicted octanol–water partition coefficient (Wildman–Crippen LogP) is 3.26. The lowest BCUT2D eigenvalue weighted by Crippen LogP contribution is -2.23. The highest BCUT2D eigenvalue weighted by Gasteiger charge is 2.31. The van der Waals surface area contributed by atoms with E-state index in [4.69, 9.17) is 23.7 Å². The van der Waals surface area contributed by atoms with Crippen LogP contribution in [0.2, 0.25) is 0 Å². The quantitative estimate of drug-likeness (QED) is 0.548. The van der Waals surface area contributed by atoms with Crippen LogP contribution in [-0.2, 0) is 11.3 Å². The van der Waals surface area contributed by atoms with Gasteiger partial charge in [0.2, 0.25) is 18.5 Å². The molecule has 31 heavy (non-hydrogen) atoms. The van der Waals surface area contributed by atoms with Crippen molar-refractivity contribution in [3.63, 3.8) is 0 Å². The number of benzene rings is 1. The topological polar surface area (TPSA) is 94.8 Å². The minimum absolute atomic E-state index is 0.0910. The molecule has 0 radical (unpaired) electrons. The third kappa shape index (κ3) is 4.19. The molecule has 0 spiro atoms. The molecule has 162 valence electrons. The number of rotatable bonds is 8. The Labute approximate surface area is 180 Å². The first-order chi connectivity index (χ1) is 15.3. The second kappa shape index (κ2) is 8.91. The number of likely N-dealkylation sites (tertiary alicyclic amines) is 1. The van der Waals surface area contributed by atoms with E-state index in [2.05, 4.69) is 26.4 Å². The highest BCUT2D eigenvalue weighted by atomic mass is 16.7. The minimum atomic E-state index is 0.0910. The number of nitrogens with one attached hydrogen (secondary N) is 1. The first kappa shape index (κ1) is 19.8. The van der Waals surface area contributed by atoms with E-state index in [1.165, 1.54) is 5.56 Å². The number of fused-ring (bicyclic) bond motifs is 1. The fraction of sp³-hybridized carbons (Fsp3) is 0.409. The Morgan fingerprint density at radius 3 is 3.10 bits per heavy atom. The molecule has 1 saturated heterocycles. The first-order valence-electron chi connectivity index (χ1n) is 10.5. The van der Waals surface area contributed by atoms with Gasteiger partial charge in [-0.25, -0.2) is 4.98 Å². The minimum Gasteiger partial charge on any atom is -0.454 e. The molecule has 0 unspecified atom stereocenters. The normalized spacial score (nSPS) is 17.9. The van der Waals surface area contributed by atoms with Gasteiger partial charge in [0.25, 0.3) is 0 Å². The SMILES string of the molecule is COCCNc1ncccc1-c1noc([C@H]2CCCN2Cc2ccc3c(c2)OCO3)n1. The number of hydrogen-bond donors (Lipinski definition) is 1. The van der Waals surface area contributed by atoms with Crippen molar-refractivity contribution in [2.45, 2.75) is 25.4 Å². The Morgan fingerprint density at radius 2 is 2.16 bits per heavy atom. The molecule has 3 aromatic rings. The van der Waals surface area contributed by atoms with Crippen LogP contribution in [0.5, 0.6) is 11.5 Å². The molecule has 1 fully saturated rings. The summed E-state index contributed by atoms with van der Waals surface area (Å²) in [5.41, 5.74) is 1.99. The summed E-state index contributed by atoms with van der Waals surface area (Å²) in [5, 5.41) is 7.51. The molecule has 0 saturated carbocycles. The van der Waals surface area contributed by atoms with Crippen molar-refractivity contribution in [1.29, 1.82) is 0 Å². The van der Waals surface area contributed by atoms with Crippen molar-refractivity contribution < 1.29 is 18.7 Å². The second-order valence-electron chi connectivity index (χ2n) is 7.59. The molecule has 1 N–H and O–H groups in total. The van der Waals surface area contributed by atoms with E-state index < -0.39 is 0 Å². The van der Waals surface area contributed by atoms with Gasteiger partial charge in [-0.05, 0) is 49.2 Å². The van der Waals surface area contributed by atoms with Crippen molar-refractivity contribution in [1.82, 2.24) is 20.0 Å². The molecule has 2 aliphatic heterocycles. The molecular formula is C22H25N5O4. The van der Waals surface area contributed by atoms with Crippen LogP contribution in [-0.4, -0.2) is 53.6 Å². The summed E-state index contributed by atoms with van der Waals surface area (Å²) < 4.78 is 21.7. The van der Waals surface area contributed by atoms with Gasteiger partial charge < -0.3 is 24.1 Å². The molecule has 9 nitrogen and oxygen atoms in total. The predicted molar refractivity (Wildman–Crippen MR) is 113 cm³/mol. The number of ether oxygens (including phenoxy) is 3. The van der Waals surface area contributed by atoms with Gasteiger partial charge in [-0.15, -0.1) is 0 Å². The number of nitrogens with zero attached hydrogens (tertiary/aromatic N) is 4. The fourth-order valence-corrected chi connectivity index (χ4v) is 4.05. The maximum absolute atomic E-state index is 5.70. The first-order valence-corrected chi connectivity index (χ1v) is 10.5. The van der Waals surface area contributed by atoms with Crippen molar-refractivity contribution in [3.05, 3.63) is 48.0 Å². The van der Waals surface area contributed by atoms with Crippen LogP contribution >= 0.6 is 0 Å². The second-order valence-corrected chi connectivity index (χ2v) is 7.59. The Hall–Kier alpha value is -3.17. The van der Waals surface area contributed by atoms with Gasteiger partial charge in [0.1, 0.15) is 5.82 Å². The number of aromatic nitrogens is 3. The van der Waals surface area contributed by atoms with Crippen LogP contribution < -0.4 is 14.8 Å². The molecule has 1 atom stereocenters. The van der Waals surface area contributed by atoms with Crippen molar-refractivity contribution in [2.75, 3.05) is 38.9 Å². The summed E-state index contributed by atoms with van der Waals surface area (Å²) >= 11 is 0. The lowest BCUT2D eigenvalue weighted by Gasteiger charge is -2.21. The number of pyridine rings is 1. The van der Waals surface area contributed by atoms with Gasteiger partial charge in [-0.3, -0.25) is 4.90 Å². The van der Waals surface area contributed by atoms with Crippen molar-refractivity contribution >= 4 is 5.82 Å². The third-order valence-electron chi connectivity index (χ3n) is 5.56. The molecule has 5 rings (SSSR count). The largest absolute Gasteiger partial charge is 0.454 e. The van der Waals surface area contributed by atoms with Crippen LogP contribution in [0, 0.1) is 0 Å². The van der Waals surface area contributed by atoms with Crippen LogP contribution in [0.25, 0.3) is 11.4 Å².